The van der Waals surface area contributed by atoms with Gasteiger partial charge in [-0.2, -0.15) is 0 Å². The third kappa shape index (κ3) is 4.12. The highest BCUT2D eigenvalue weighted by Gasteiger charge is 2.12. The minimum Gasteiger partial charge on any atom is -0.465 e. The number of amides is 1. The number of carbonyl (C=O) groups is 2. The summed E-state index contributed by atoms with van der Waals surface area (Å²) in [5.74, 6) is -3.22. The van der Waals surface area contributed by atoms with Gasteiger partial charge in [-0.1, -0.05) is 12.1 Å². The van der Waals surface area contributed by atoms with E-state index in [1.165, 1.54) is 12.1 Å². The number of halogens is 2. The molecule has 0 aliphatic rings. The lowest BCUT2D eigenvalue weighted by Crippen LogP contribution is -2.32. The number of carbonyl (C=O) groups excluding carboxylic acids is 2. The lowest BCUT2D eigenvalue weighted by atomic mass is 10.1. The highest BCUT2D eigenvalue weighted by Crippen LogP contribution is 2.11. The van der Waals surface area contributed by atoms with Crippen molar-refractivity contribution < 1.29 is 23.1 Å². The van der Waals surface area contributed by atoms with E-state index in [-0.39, 0.29) is 25.1 Å². The number of esters is 1. The maximum absolute atomic E-state index is 13.2. The SMILES string of the molecule is CCOC(=O)CNC(=O)Cc1cccc(F)c1F. The summed E-state index contributed by atoms with van der Waals surface area (Å²) in [4.78, 5) is 22.3. The Balaban J connectivity index is 2.50. The Morgan fingerprint density at radius 2 is 2.06 bits per heavy atom. The molecule has 1 amide bonds. The van der Waals surface area contributed by atoms with Crippen LogP contribution in [0.5, 0.6) is 0 Å². The lowest BCUT2D eigenvalue weighted by Gasteiger charge is -2.06. The second-order valence-electron chi connectivity index (χ2n) is 3.47. The van der Waals surface area contributed by atoms with Crippen LogP contribution in [0.4, 0.5) is 8.78 Å². The molecule has 1 N–H and O–H groups in total. The third-order valence-corrected chi connectivity index (χ3v) is 2.12. The average molecular weight is 257 g/mol. The molecule has 0 aliphatic heterocycles. The minimum absolute atomic E-state index is 0.0589. The maximum atomic E-state index is 13.2. The van der Waals surface area contributed by atoms with Crippen molar-refractivity contribution in [1.29, 1.82) is 0 Å². The van der Waals surface area contributed by atoms with Gasteiger partial charge in [-0.05, 0) is 13.0 Å². The first-order chi connectivity index (χ1) is 8.54. The Kier molecular flexibility index (Phi) is 5.23. The fourth-order valence-electron chi connectivity index (χ4n) is 1.30. The van der Waals surface area contributed by atoms with E-state index in [1.54, 1.807) is 6.92 Å². The van der Waals surface area contributed by atoms with Crippen LogP contribution < -0.4 is 5.32 Å². The fourth-order valence-corrected chi connectivity index (χ4v) is 1.30. The van der Waals surface area contributed by atoms with E-state index in [9.17, 15) is 18.4 Å². The molecule has 0 heterocycles. The van der Waals surface area contributed by atoms with Gasteiger partial charge >= 0.3 is 5.97 Å². The van der Waals surface area contributed by atoms with Crippen LogP contribution in [-0.4, -0.2) is 25.0 Å². The van der Waals surface area contributed by atoms with Gasteiger partial charge in [0.25, 0.3) is 0 Å². The average Bonchev–Trinajstić information content (AvgIpc) is 2.33. The number of hydrogen-bond donors (Lipinski definition) is 1. The summed E-state index contributed by atoms with van der Waals surface area (Å²) in [6, 6.07) is 3.59. The van der Waals surface area contributed by atoms with Gasteiger partial charge in [0, 0.05) is 5.56 Å². The molecule has 0 radical (unpaired) electrons. The summed E-state index contributed by atoms with van der Waals surface area (Å²) in [5.41, 5.74) is -0.0589. The predicted octanol–water partition coefficient (Wildman–Crippen LogP) is 1.19. The van der Waals surface area contributed by atoms with Gasteiger partial charge in [-0.25, -0.2) is 8.78 Å². The van der Waals surface area contributed by atoms with E-state index in [0.717, 1.165) is 6.07 Å². The zero-order valence-corrected chi connectivity index (χ0v) is 9.83. The van der Waals surface area contributed by atoms with Gasteiger partial charge in [0.1, 0.15) is 6.54 Å². The van der Waals surface area contributed by atoms with Crippen LogP contribution in [0.25, 0.3) is 0 Å². The van der Waals surface area contributed by atoms with Crippen molar-refractivity contribution in [2.24, 2.45) is 0 Å². The number of rotatable bonds is 5. The first kappa shape index (κ1) is 14.1. The molecule has 0 saturated carbocycles. The van der Waals surface area contributed by atoms with Crippen LogP contribution in [0.15, 0.2) is 18.2 Å². The van der Waals surface area contributed by atoms with Crippen molar-refractivity contribution in [1.82, 2.24) is 5.32 Å². The van der Waals surface area contributed by atoms with Crippen LogP contribution in [-0.2, 0) is 20.7 Å². The topological polar surface area (TPSA) is 55.4 Å². The molecule has 1 rings (SSSR count). The van der Waals surface area contributed by atoms with E-state index in [4.69, 9.17) is 0 Å². The van der Waals surface area contributed by atoms with Crippen molar-refractivity contribution >= 4 is 11.9 Å². The molecule has 6 heteroatoms. The van der Waals surface area contributed by atoms with Crippen LogP contribution in [0.1, 0.15) is 12.5 Å². The normalized spacial score (nSPS) is 9.94. The zero-order valence-electron chi connectivity index (χ0n) is 9.83. The zero-order chi connectivity index (χ0) is 13.5. The highest BCUT2D eigenvalue weighted by molar-refractivity contribution is 5.83. The summed E-state index contributed by atoms with van der Waals surface area (Å²) in [7, 11) is 0. The Bertz CT molecular complexity index is 449. The van der Waals surface area contributed by atoms with Gasteiger partial charge in [0.05, 0.1) is 13.0 Å². The van der Waals surface area contributed by atoms with E-state index in [0.29, 0.717) is 0 Å². The van der Waals surface area contributed by atoms with E-state index in [1.807, 2.05) is 0 Å². The molecule has 1 aromatic carbocycles. The summed E-state index contributed by atoms with van der Waals surface area (Å²) in [5, 5.41) is 2.26. The first-order valence-electron chi connectivity index (χ1n) is 5.39. The molecule has 0 aromatic heterocycles. The summed E-state index contributed by atoms with van der Waals surface area (Å²) >= 11 is 0. The van der Waals surface area contributed by atoms with Gasteiger partial charge in [0.2, 0.25) is 5.91 Å². The van der Waals surface area contributed by atoms with Gasteiger partial charge in [-0.15, -0.1) is 0 Å². The Hall–Kier alpha value is -1.98. The molecule has 0 bridgehead atoms. The van der Waals surface area contributed by atoms with Crippen LogP contribution in [0.3, 0.4) is 0 Å². The van der Waals surface area contributed by atoms with Crippen molar-refractivity contribution in [3.8, 4) is 0 Å². The first-order valence-corrected chi connectivity index (χ1v) is 5.39. The number of nitrogens with one attached hydrogen (secondary N) is 1. The molecule has 0 aliphatic carbocycles. The molecule has 0 unspecified atom stereocenters. The lowest BCUT2D eigenvalue weighted by molar-refractivity contribution is -0.143. The summed E-state index contributed by atoms with van der Waals surface area (Å²) in [6.07, 6.45) is -0.330. The second-order valence-corrected chi connectivity index (χ2v) is 3.47. The quantitative estimate of drug-likeness (QED) is 0.806. The molecule has 18 heavy (non-hydrogen) atoms. The van der Waals surface area contributed by atoms with Crippen LogP contribution >= 0.6 is 0 Å². The van der Waals surface area contributed by atoms with Gasteiger partial charge in [-0.3, -0.25) is 9.59 Å². The summed E-state index contributed by atoms with van der Waals surface area (Å²) < 4.78 is 30.7. The van der Waals surface area contributed by atoms with Gasteiger partial charge < -0.3 is 10.1 Å². The maximum Gasteiger partial charge on any atom is 0.325 e. The van der Waals surface area contributed by atoms with E-state index < -0.39 is 23.5 Å². The predicted molar refractivity (Wildman–Crippen MR) is 59.7 cm³/mol. The van der Waals surface area contributed by atoms with Crippen molar-refractivity contribution in [3.63, 3.8) is 0 Å². The molecule has 98 valence electrons. The monoisotopic (exact) mass is 257 g/mol. The van der Waals surface area contributed by atoms with Crippen LogP contribution in [0.2, 0.25) is 0 Å². The molecular weight excluding hydrogens is 244 g/mol. The van der Waals surface area contributed by atoms with E-state index >= 15 is 0 Å². The fraction of sp³-hybridized carbons (Fsp3) is 0.333. The molecule has 4 nitrogen and oxygen atoms in total. The molecule has 0 atom stereocenters. The largest absolute Gasteiger partial charge is 0.465 e. The molecule has 1 aromatic rings. The Labute approximate surface area is 103 Å². The summed E-state index contributed by atoms with van der Waals surface area (Å²) in [6.45, 7) is 1.57. The number of benzene rings is 1. The third-order valence-electron chi connectivity index (χ3n) is 2.12. The molecule has 0 spiro atoms. The Morgan fingerprint density at radius 3 is 2.72 bits per heavy atom. The van der Waals surface area contributed by atoms with Crippen molar-refractivity contribution in [2.75, 3.05) is 13.2 Å². The number of hydrogen-bond acceptors (Lipinski definition) is 3. The smallest absolute Gasteiger partial charge is 0.325 e. The van der Waals surface area contributed by atoms with Crippen molar-refractivity contribution in [2.45, 2.75) is 13.3 Å². The van der Waals surface area contributed by atoms with E-state index in [2.05, 4.69) is 10.1 Å². The van der Waals surface area contributed by atoms with Gasteiger partial charge in [0.15, 0.2) is 11.6 Å². The van der Waals surface area contributed by atoms with Crippen molar-refractivity contribution in [3.05, 3.63) is 35.4 Å². The highest BCUT2D eigenvalue weighted by atomic mass is 19.2. The van der Waals surface area contributed by atoms with Crippen LogP contribution in [0, 0.1) is 11.6 Å². The second kappa shape index (κ2) is 6.68. The minimum atomic E-state index is -1.05. The molecular formula is C12H13F2NO3. The standard InChI is InChI=1S/C12H13F2NO3/c1-2-18-11(17)7-15-10(16)6-8-4-3-5-9(13)12(8)14/h3-5H,2,6-7H2,1H3,(H,15,16). The molecule has 0 fully saturated rings. The Morgan fingerprint density at radius 1 is 1.33 bits per heavy atom. The molecule has 0 saturated heterocycles. The number of ether oxygens (including phenoxy) is 1.